The first kappa shape index (κ1) is 10.1. The van der Waals surface area contributed by atoms with E-state index < -0.39 is 0 Å². The van der Waals surface area contributed by atoms with Crippen molar-refractivity contribution in [3.63, 3.8) is 0 Å². The number of halogens is 1. The largest absolute Gasteiger partial charge is 0.198 e. The second-order valence-corrected chi connectivity index (χ2v) is 3.50. The van der Waals surface area contributed by atoms with Crippen molar-refractivity contribution in [3.8, 4) is 6.07 Å². The lowest BCUT2D eigenvalue weighted by Gasteiger charge is -2.02. The van der Waals surface area contributed by atoms with Crippen LogP contribution in [0.15, 0.2) is 18.2 Å². The van der Waals surface area contributed by atoms with Gasteiger partial charge in [-0.2, -0.15) is 5.26 Å². The lowest BCUT2D eigenvalue weighted by Crippen LogP contribution is -1.86. The monoisotopic (exact) mass is 193 g/mol. The summed E-state index contributed by atoms with van der Waals surface area (Å²) in [6.45, 7) is 2.00. The van der Waals surface area contributed by atoms with Crippen LogP contribution in [0.4, 0.5) is 0 Å². The number of aryl methyl sites for hydroxylation is 2. The first-order valence-corrected chi connectivity index (χ1v) is 4.74. The fourth-order valence-corrected chi connectivity index (χ4v) is 1.35. The van der Waals surface area contributed by atoms with Gasteiger partial charge in [-0.25, -0.2) is 0 Å². The van der Waals surface area contributed by atoms with Crippen molar-refractivity contribution >= 4 is 11.6 Å². The molecule has 2 heteroatoms. The number of hydrogen-bond donors (Lipinski definition) is 0. The van der Waals surface area contributed by atoms with E-state index in [1.54, 1.807) is 0 Å². The highest BCUT2D eigenvalue weighted by molar-refractivity contribution is 6.31. The minimum Gasteiger partial charge on any atom is -0.198 e. The maximum Gasteiger partial charge on any atom is 0.0621 e. The van der Waals surface area contributed by atoms with Gasteiger partial charge in [0.15, 0.2) is 0 Å². The Hall–Kier alpha value is -1.000. The molecule has 1 aromatic carbocycles. The van der Waals surface area contributed by atoms with E-state index in [2.05, 4.69) is 12.1 Å². The maximum atomic E-state index is 8.37. The summed E-state index contributed by atoms with van der Waals surface area (Å²) < 4.78 is 0. The molecule has 1 rings (SSSR count). The Bertz CT molecular complexity index is 325. The van der Waals surface area contributed by atoms with Crippen LogP contribution in [-0.2, 0) is 6.42 Å². The molecule has 0 aromatic heterocycles. The number of unbranched alkanes of at least 4 members (excludes halogenated alkanes) is 1. The summed E-state index contributed by atoms with van der Waals surface area (Å²) in [4.78, 5) is 0. The summed E-state index contributed by atoms with van der Waals surface area (Å²) in [5.41, 5.74) is 2.37. The molecule has 0 saturated carbocycles. The van der Waals surface area contributed by atoms with Gasteiger partial charge in [0.2, 0.25) is 0 Å². The minimum absolute atomic E-state index is 0.627. The van der Waals surface area contributed by atoms with Gasteiger partial charge in [-0.3, -0.25) is 0 Å². The highest BCUT2D eigenvalue weighted by atomic mass is 35.5. The van der Waals surface area contributed by atoms with Gasteiger partial charge >= 0.3 is 0 Å². The topological polar surface area (TPSA) is 23.8 Å². The van der Waals surface area contributed by atoms with E-state index >= 15 is 0 Å². The highest BCUT2D eigenvalue weighted by Gasteiger charge is 1.97. The van der Waals surface area contributed by atoms with Crippen LogP contribution in [0.2, 0.25) is 5.02 Å². The van der Waals surface area contributed by atoms with Crippen molar-refractivity contribution in [2.45, 2.75) is 26.2 Å². The Kier molecular flexibility index (Phi) is 3.79. The van der Waals surface area contributed by atoms with Crippen molar-refractivity contribution in [2.24, 2.45) is 0 Å². The molecular weight excluding hydrogens is 182 g/mol. The first-order valence-electron chi connectivity index (χ1n) is 4.36. The predicted octanol–water partition coefficient (Wildman–Crippen LogP) is 3.49. The van der Waals surface area contributed by atoms with E-state index in [0.717, 1.165) is 23.4 Å². The molecule has 0 atom stereocenters. The van der Waals surface area contributed by atoms with Crippen LogP contribution in [-0.4, -0.2) is 0 Å². The standard InChI is InChI=1S/C11H12ClN/c1-9-8-10(4-2-3-7-13)5-6-11(9)12/h5-6,8H,2-4H2,1H3. The molecular formula is C11H12ClN. The zero-order valence-electron chi connectivity index (χ0n) is 7.68. The van der Waals surface area contributed by atoms with Gasteiger partial charge in [-0.15, -0.1) is 0 Å². The Morgan fingerprint density at radius 1 is 1.46 bits per heavy atom. The van der Waals surface area contributed by atoms with Crippen LogP contribution in [0.1, 0.15) is 24.0 Å². The molecule has 0 saturated heterocycles. The van der Waals surface area contributed by atoms with Gasteiger partial charge in [-0.05, 0) is 37.0 Å². The Morgan fingerprint density at radius 2 is 2.23 bits per heavy atom. The van der Waals surface area contributed by atoms with Crippen LogP contribution in [0.25, 0.3) is 0 Å². The number of hydrogen-bond acceptors (Lipinski definition) is 1. The van der Waals surface area contributed by atoms with Crippen LogP contribution < -0.4 is 0 Å². The third kappa shape index (κ3) is 3.08. The summed E-state index contributed by atoms with van der Waals surface area (Å²) >= 11 is 5.89. The number of nitrogens with zero attached hydrogens (tertiary/aromatic N) is 1. The van der Waals surface area contributed by atoms with Crippen LogP contribution in [0, 0.1) is 18.3 Å². The zero-order chi connectivity index (χ0) is 9.68. The second kappa shape index (κ2) is 4.89. The molecule has 0 aliphatic carbocycles. The first-order chi connectivity index (χ1) is 6.24. The van der Waals surface area contributed by atoms with Crippen LogP contribution in [0.5, 0.6) is 0 Å². The number of benzene rings is 1. The van der Waals surface area contributed by atoms with E-state index in [0.29, 0.717) is 6.42 Å². The molecule has 68 valence electrons. The predicted molar refractivity (Wildman–Crippen MR) is 54.7 cm³/mol. The average Bonchev–Trinajstić information content (AvgIpc) is 2.12. The summed E-state index contributed by atoms with van der Waals surface area (Å²) in [5.74, 6) is 0. The average molecular weight is 194 g/mol. The summed E-state index contributed by atoms with van der Waals surface area (Å²) in [7, 11) is 0. The van der Waals surface area contributed by atoms with Crippen molar-refractivity contribution in [1.29, 1.82) is 5.26 Å². The molecule has 0 spiro atoms. The van der Waals surface area contributed by atoms with E-state index in [-0.39, 0.29) is 0 Å². The van der Waals surface area contributed by atoms with Gasteiger partial charge in [-0.1, -0.05) is 23.7 Å². The van der Waals surface area contributed by atoms with Gasteiger partial charge in [0.05, 0.1) is 6.07 Å². The summed E-state index contributed by atoms with van der Waals surface area (Å²) in [6.07, 6.45) is 2.52. The second-order valence-electron chi connectivity index (χ2n) is 3.10. The van der Waals surface area contributed by atoms with E-state index in [9.17, 15) is 0 Å². The molecule has 13 heavy (non-hydrogen) atoms. The van der Waals surface area contributed by atoms with Gasteiger partial charge in [0, 0.05) is 11.4 Å². The number of nitriles is 1. The molecule has 0 radical (unpaired) electrons. The van der Waals surface area contributed by atoms with Crippen molar-refractivity contribution in [1.82, 2.24) is 0 Å². The normalized spacial score (nSPS) is 9.62. The van der Waals surface area contributed by atoms with E-state index in [1.807, 2.05) is 19.1 Å². The lowest BCUT2D eigenvalue weighted by molar-refractivity contribution is 0.849. The van der Waals surface area contributed by atoms with E-state index in [1.165, 1.54) is 5.56 Å². The van der Waals surface area contributed by atoms with E-state index in [4.69, 9.17) is 16.9 Å². The summed E-state index contributed by atoms with van der Waals surface area (Å²) in [5, 5.41) is 9.18. The third-order valence-electron chi connectivity index (χ3n) is 1.98. The molecule has 0 aliphatic rings. The van der Waals surface area contributed by atoms with Crippen molar-refractivity contribution in [2.75, 3.05) is 0 Å². The summed E-state index contributed by atoms with van der Waals surface area (Å²) in [6, 6.07) is 8.16. The van der Waals surface area contributed by atoms with Crippen LogP contribution >= 0.6 is 11.6 Å². The number of rotatable bonds is 3. The molecule has 0 bridgehead atoms. The molecule has 0 unspecified atom stereocenters. The lowest BCUT2D eigenvalue weighted by atomic mass is 10.1. The SMILES string of the molecule is Cc1cc(CCCC#N)ccc1Cl. The fourth-order valence-electron chi connectivity index (χ4n) is 1.23. The maximum absolute atomic E-state index is 8.37. The quantitative estimate of drug-likeness (QED) is 0.675. The third-order valence-corrected chi connectivity index (χ3v) is 2.40. The van der Waals surface area contributed by atoms with Gasteiger partial charge in [0.1, 0.15) is 0 Å². The smallest absolute Gasteiger partial charge is 0.0621 e. The molecule has 0 N–H and O–H groups in total. The molecule has 1 aromatic rings. The Balaban J connectivity index is 2.59. The minimum atomic E-state index is 0.627. The highest BCUT2D eigenvalue weighted by Crippen LogP contribution is 2.17. The zero-order valence-corrected chi connectivity index (χ0v) is 8.43. The molecule has 0 fully saturated rings. The Labute approximate surface area is 84.0 Å². The van der Waals surface area contributed by atoms with Gasteiger partial charge in [0.25, 0.3) is 0 Å². The molecule has 1 nitrogen and oxygen atoms in total. The van der Waals surface area contributed by atoms with Crippen molar-refractivity contribution in [3.05, 3.63) is 34.3 Å². The van der Waals surface area contributed by atoms with Gasteiger partial charge < -0.3 is 0 Å². The molecule has 0 heterocycles. The van der Waals surface area contributed by atoms with Crippen LogP contribution in [0.3, 0.4) is 0 Å². The van der Waals surface area contributed by atoms with Crippen molar-refractivity contribution < 1.29 is 0 Å². The fraction of sp³-hybridized carbons (Fsp3) is 0.364. The molecule has 0 aliphatic heterocycles. The molecule has 0 amide bonds. The Morgan fingerprint density at radius 3 is 2.85 bits per heavy atom.